The number of aryl methyl sites for hydroxylation is 4. The first-order valence-corrected chi connectivity index (χ1v) is 15.3. The van der Waals surface area contributed by atoms with Crippen LogP contribution in [-0.2, 0) is 51.4 Å². The van der Waals surface area contributed by atoms with Gasteiger partial charge in [0.15, 0.2) is 0 Å². The minimum absolute atomic E-state index is 0. The summed E-state index contributed by atoms with van der Waals surface area (Å²) in [6.45, 7) is 15.0. The van der Waals surface area contributed by atoms with E-state index in [1.54, 1.807) is 0 Å². The van der Waals surface area contributed by atoms with Gasteiger partial charge < -0.3 is 24.8 Å². The quantitative estimate of drug-likeness (QED) is 0.157. The number of rotatable bonds is 1. The van der Waals surface area contributed by atoms with Gasteiger partial charge in [0.1, 0.15) is 0 Å². The minimum atomic E-state index is -4.85. The van der Waals surface area contributed by atoms with Crippen molar-refractivity contribution in [1.29, 1.82) is 0 Å². The third kappa shape index (κ3) is 9.33. The van der Waals surface area contributed by atoms with Crippen LogP contribution in [0.4, 0.5) is 26.3 Å². The van der Waals surface area contributed by atoms with Crippen molar-refractivity contribution >= 4 is 20.3 Å². The summed E-state index contributed by atoms with van der Waals surface area (Å²) in [4.78, 5) is 0. The van der Waals surface area contributed by atoms with Crippen LogP contribution < -0.4 is 24.8 Å². The first-order valence-electron chi connectivity index (χ1n) is 13.0. The molecule has 0 saturated heterocycles. The van der Waals surface area contributed by atoms with E-state index >= 15 is 0 Å². The van der Waals surface area contributed by atoms with Crippen LogP contribution in [0.3, 0.4) is 0 Å². The molecule has 5 rings (SSSR count). The molecule has 0 nitrogen and oxygen atoms in total. The molecule has 4 aromatic rings. The van der Waals surface area contributed by atoms with E-state index in [1.165, 1.54) is 22.3 Å². The first-order chi connectivity index (χ1) is 18.1. The maximum atomic E-state index is 13.3. The Morgan fingerprint density at radius 1 is 0.690 bits per heavy atom. The fourth-order valence-electron chi connectivity index (χ4n) is 5.14. The van der Waals surface area contributed by atoms with E-state index in [2.05, 4.69) is 46.9 Å². The third-order valence-electron chi connectivity index (χ3n) is 7.28. The SMILES string of the molecule is C[SiH]C.Cc1[cH-]c(C)c(C)c1C.Cc1cc2c(-c3cc(C(F)(F)F)cc(C(F)(F)F)c3)c3c(cc2[cH-]1)CCC3.[Cl-].[Cl-].[Zr+4]. The second-order valence-corrected chi connectivity index (χ2v) is 11.6. The van der Waals surface area contributed by atoms with Crippen molar-refractivity contribution < 1.29 is 77.4 Å². The fourth-order valence-corrected chi connectivity index (χ4v) is 5.14. The maximum absolute atomic E-state index is 13.3. The van der Waals surface area contributed by atoms with Crippen LogP contribution in [0, 0.1) is 34.6 Å². The molecule has 10 heteroatoms. The largest absolute Gasteiger partial charge is 4.00 e. The van der Waals surface area contributed by atoms with Crippen molar-refractivity contribution in [2.75, 3.05) is 0 Å². The van der Waals surface area contributed by atoms with E-state index in [4.69, 9.17) is 0 Å². The Labute approximate surface area is 279 Å². The Kier molecular flexibility index (Phi) is 15.6. The van der Waals surface area contributed by atoms with Gasteiger partial charge in [-0.25, -0.2) is 0 Å². The number of hydrogen-bond donors (Lipinski definition) is 0. The minimum Gasteiger partial charge on any atom is -1.00 e. The zero-order valence-corrected chi connectivity index (χ0v) is 29.9. The van der Waals surface area contributed by atoms with Crippen molar-refractivity contribution in [3.63, 3.8) is 0 Å². The van der Waals surface area contributed by atoms with E-state index in [9.17, 15) is 26.3 Å². The van der Waals surface area contributed by atoms with Gasteiger partial charge in [-0.15, -0.1) is 28.5 Å². The maximum Gasteiger partial charge on any atom is 4.00 e. The van der Waals surface area contributed by atoms with Gasteiger partial charge in [-0.05, 0) is 43.0 Å². The molecule has 42 heavy (non-hydrogen) atoms. The summed E-state index contributed by atoms with van der Waals surface area (Å²) in [6.07, 6.45) is -7.42. The van der Waals surface area contributed by atoms with Gasteiger partial charge in [0.25, 0.3) is 0 Å². The number of fused-ring (bicyclic) bond motifs is 2. The van der Waals surface area contributed by atoms with Crippen LogP contribution >= 0.6 is 0 Å². The number of alkyl halides is 6. The Bertz CT molecular complexity index is 1410. The average molecular weight is 724 g/mol. The van der Waals surface area contributed by atoms with Crippen LogP contribution in [0.2, 0.25) is 13.1 Å². The van der Waals surface area contributed by atoms with Gasteiger partial charge in [-0.3, -0.25) is 0 Å². The molecule has 1 radical (unpaired) electrons. The van der Waals surface area contributed by atoms with Crippen molar-refractivity contribution in [3.05, 3.63) is 92.5 Å². The second kappa shape index (κ2) is 16.1. The predicted molar refractivity (Wildman–Crippen MR) is 152 cm³/mol. The molecule has 0 spiro atoms. The molecule has 1 aliphatic rings. The van der Waals surface area contributed by atoms with E-state index in [1.807, 2.05) is 25.1 Å². The molecule has 0 heterocycles. The van der Waals surface area contributed by atoms with Crippen LogP contribution in [0.15, 0.2) is 42.5 Å². The van der Waals surface area contributed by atoms with Gasteiger partial charge in [-0.2, -0.15) is 60.7 Å². The van der Waals surface area contributed by atoms with E-state index < -0.39 is 23.5 Å². The zero-order valence-electron chi connectivity index (χ0n) is 24.8. The number of benzene rings is 2. The molecule has 1 aliphatic carbocycles. The Hall–Kier alpha value is -1.34. The van der Waals surface area contributed by atoms with E-state index in [-0.39, 0.29) is 62.6 Å². The molecule has 0 N–H and O–H groups in total. The molecule has 0 aliphatic heterocycles. The Balaban J connectivity index is 0.000000953. The fraction of sp³-hybridized carbons (Fsp3) is 0.375. The summed E-state index contributed by atoms with van der Waals surface area (Å²) in [6, 6.07) is 9.85. The van der Waals surface area contributed by atoms with Gasteiger partial charge in [0.05, 0.1) is 11.1 Å². The molecular formula is C32H35Cl2F6SiZr. The van der Waals surface area contributed by atoms with Crippen molar-refractivity contribution in [2.24, 2.45) is 0 Å². The topological polar surface area (TPSA) is 0 Å². The average Bonchev–Trinajstić information content (AvgIpc) is 3.50. The Morgan fingerprint density at radius 2 is 1.17 bits per heavy atom. The summed E-state index contributed by atoms with van der Waals surface area (Å²) in [5, 5.41) is 1.56. The molecule has 0 aromatic heterocycles. The van der Waals surface area contributed by atoms with Crippen LogP contribution in [0.5, 0.6) is 0 Å². The van der Waals surface area contributed by atoms with Crippen molar-refractivity contribution in [3.8, 4) is 11.1 Å². The first kappa shape index (κ1) is 40.7. The normalized spacial score (nSPS) is 12.1. The van der Waals surface area contributed by atoms with Crippen LogP contribution in [-0.4, -0.2) is 9.52 Å². The summed E-state index contributed by atoms with van der Waals surface area (Å²) >= 11 is 0. The molecule has 0 bridgehead atoms. The van der Waals surface area contributed by atoms with Crippen molar-refractivity contribution in [2.45, 2.75) is 79.3 Å². The van der Waals surface area contributed by atoms with E-state index in [0.29, 0.717) is 17.4 Å². The molecule has 0 amide bonds. The van der Waals surface area contributed by atoms with Gasteiger partial charge >= 0.3 is 38.6 Å². The van der Waals surface area contributed by atoms with Gasteiger partial charge in [0, 0.05) is 9.52 Å². The number of hydrogen-bond acceptors (Lipinski definition) is 0. The summed E-state index contributed by atoms with van der Waals surface area (Å²) in [7, 11) is 0.750. The van der Waals surface area contributed by atoms with Crippen LogP contribution in [0.25, 0.3) is 21.9 Å². The summed E-state index contributed by atoms with van der Waals surface area (Å²) in [5.41, 5.74) is 6.47. The Morgan fingerprint density at radius 3 is 1.57 bits per heavy atom. The zero-order chi connectivity index (χ0) is 29.3. The molecule has 0 atom stereocenters. The summed E-state index contributed by atoms with van der Waals surface area (Å²) in [5.74, 6) is 0. The third-order valence-corrected chi connectivity index (χ3v) is 7.28. The monoisotopic (exact) mass is 721 g/mol. The predicted octanol–water partition coefficient (Wildman–Crippen LogP) is 4.22. The molecule has 0 unspecified atom stereocenters. The molecule has 0 fully saturated rings. The summed E-state index contributed by atoms with van der Waals surface area (Å²) < 4.78 is 79.7. The molecule has 4 aromatic carbocycles. The molecule has 0 saturated carbocycles. The smallest absolute Gasteiger partial charge is 1.00 e. The molecular weight excluding hydrogens is 689 g/mol. The standard InChI is InChI=1S/C21H15F6.C9H13.C2H7Si.2ClH.Zr/c1-11-5-13-7-12-3-2-4-17(12)19(18(13)6-11)14-8-15(20(22,23)24)10-16(9-14)21(25,26)27;1-6-5-7(2)9(4)8(6)3;1-3-2;;;/h5-10H,2-4H2,1H3;5H,1-4H3;3H,1-2H3;2*1H;/q2*-1;;;;+4/p-2. The number of halogens is 8. The van der Waals surface area contributed by atoms with Gasteiger partial charge in [0.2, 0.25) is 0 Å². The molecule has 227 valence electrons. The van der Waals surface area contributed by atoms with Gasteiger partial charge in [-0.1, -0.05) is 64.4 Å². The van der Waals surface area contributed by atoms with E-state index in [0.717, 1.165) is 56.6 Å². The van der Waals surface area contributed by atoms with Crippen LogP contribution in [0.1, 0.15) is 56.5 Å². The second-order valence-electron chi connectivity index (χ2n) is 10.4. The van der Waals surface area contributed by atoms with Crippen molar-refractivity contribution in [1.82, 2.24) is 0 Å².